The van der Waals surface area contributed by atoms with Gasteiger partial charge in [0.05, 0.1) is 5.69 Å². The zero-order chi connectivity index (χ0) is 10.4. The van der Waals surface area contributed by atoms with Crippen LogP contribution in [0.15, 0.2) is 29.6 Å². The molecule has 1 rings (SSSR count). The van der Waals surface area contributed by atoms with Crippen LogP contribution in [0.25, 0.3) is 0 Å². The van der Waals surface area contributed by atoms with Crippen LogP contribution in [0.5, 0.6) is 0 Å². The van der Waals surface area contributed by atoms with Crippen LogP contribution in [-0.4, -0.2) is 11.2 Å². The average Bonchev–Trinajstić information content (AvgIpc) is 2.13. The summed E-state index contributed by atoms with van der Waals surface area (Å²) >= 11 is 0. The maximum absolute atomic E-state index is 5.10. The highest BCUT2D eigenvalue weighted by Gasteiger charge is 2.04. The Hall–Kier alpha value is -1.38. The zero-order valence-corrected chi connectivity index (χ0v) is 8.90. The van der Waals surface area contributed by atoms with Crippen molar-refractivity contribution in [1.82, 2.24) is 4.98 Å². The van der Waals surface area contributed by atoms with Gasteiger partial charge < -0.3 is 4.84 Å². The number of aromatic nitrogens is 1. The summed E-state index contributed by atoms with van der Waals surface area (Å²) in [6, 6.07) is 5.72. The molecule has 0 aliphatic carbocycles. The van der Waals surface area contributed by atoms with Gasteiger partial charge in [0.1, 0.15) is 0 Å². The molecule has 1 heterocycles. The summed E-state index contributed by atoms with van der Waals surface area (Å²) in [6.45, 7) is 6.63. The molecule has 0 aliphatic heterocycles. The van der Waals surface area contributed by atoms with Crippen LogP contribution >= 0.6 is 0 Å². The van der Waals surface area contributed by atoms with Gasteiger partial charge in [0.15, 0.2) is 6.61 Å². The summed E-state index contributed by atoms with van der Waals surface area (Å²) in [5.74, 6) is 0. The first-order chi connectivity index (χ1) is 6.58. The number of nitrogens with zero attached hydrogens (tertiary/aromatic N) is 2. The predicted molar refractivity (Wildman–Crippen MR) is 57.0 cm³/mol. The van der Waals surface area contributed by atoms with Gasteiger partial charge in [0.25, 0.3) is 0 Å². The molecule has 0 bridgehead atoms. The van der Waals surface area contributed by atoms with Crippen LogP contribution < -0.4 is 0 Å². The van der Waals surface area contributed by atoms with Gasteiger partial charge in [-0.25, -0.2) is 0 Å². The molecule has 3 nitrogen and oxygen atoms in total. The molecule has 0 unspecified atom stereocenters. The SMILES string of the molecule is CC(C)(C)/C=N/OCc1ccccn1. The fourth-order valence-electron chi connectivity index (χ4n) is 0.782. The smallest absolute Gasteiger partial charge is 0.159 e. The number of hydrogen-bond acceptors (Lipinski definition) is 3. The van der Waals surface area contributed by atoms with Crippen molar-refractivity contribution in [2.75, 3.05) is 0 Å². The molecule has 1 aromatic heterocycles. The van der Waals surface area contributed by atoms with Crippen LogP contribution in [0.4, 0.5) is 0 Å². The minimum absolute atomic E-state index is 0.0596. The van der Waals surface area contributed by atoms with E-state index in [0.29, 0.717) is 6.61 Å². The molecule has 0 fully saturated rings. The molecule has 0 amide bonds. The third kappa shape index (κ3) is 4.60. The van der Waals surface area contributed by atoms with Crippen molar-refractivity contribution >= 4 is 6.21 Å². The second-order valence-corrected chi connectivity index (χ2v) is 4.20. The second kappa shape index (κ2) is 4.74. The molecule has 0 N–H and O–H groups in total. The van der Waals surface area contributed by atoms with Crippen molar-refractivity contribution in [3.63, 3.8) is 0 Å². The first kappa shape index (κ1) is 10.7. The lowest BCUT2D eigenvalue weighted by atomic mass is 10.00. The zero-order valence-electron chi connectivity index (χ0n) is 8.90. The van der Waals surface area contributed by atoms with E-state index in [0.717, 1.165) is 5.69 Å². The predicted octanol–water partition coefficient (Wildman–Crippen LogP) is 2.63. The summed E-state index contributed by atoms with van der Waals surface area (Å²) in [5.41, 5.74) is 0.947. The standard InChI is InChI=1S/C11H16N2O/c1-11(2,3)9-13-14-8-10-6-4-5-7-12-10/h4-7,9H,8H2,1-3H3/b13-9+. The molecule has 0 radical (unpaired) electrons. The Balaban J connectivity index is 2.33. The number of pyridine rings is 1. The normalized spacial score (nSPS) is 11.9. The minimum Gasteiger partial charge on any atom is -0.390 e. The van der Waals surface area contributed by atoms with Crippen molar-refractivity contribution in [3.05, 3.63) is 30.1 Å². The molecule has 14 heavy (non-hydrogen) atoms. The van der Waals surface area contributed by atoms with Crippen molar-refractivity contribution in [1.29, 1.82) is 0 Å². The second-order valence-electron chi connectivity index (χ2n) is 4.20. The summed E-state index contributed by atoms with van der Waals surface area (Å²) in [7, 11) is 0. The van der Waals surface area contributed by atoms with Gasteiger partial charge in [-0.3, -0.25) is 4.98 Å². The molecule has 0 aliphatic rings. The summed E-state index contributed by atoms with van der Waals surface area (Å²) < 4.78 is 0. The molecule has 0 atom stereocenters. The first-order valence-electron chi connectivity index (χ1n) is 4.64. The van der Waals surface area contributed by atoms with Crippen LogP contribution in [0.2, 0.25) is 0 Å². The van der Waals surface area contributed by atoms with Gasteiger partial charge in [0.2, 0.25) is 0 Å². The molecule has 0 aromatic carbocycles. The van der Waals surface area contributed by atoms with Crippen molar-refractivity contribution in [3.8, 4) is 0 Å². The maximum Gasteiger partial charge on any atom is 0.159 e. The molecular formula is C11H16N2O. The minimum atomic E-state index is 0.0596. The average molecular weight is 192 g/mol. The van der Waals surface area contributed by atoms with E-state index in [4.69, 9.17) is 4.84 Å². The Morgan fingerprint density at radius 1 is 1.43 bits per heavy atom. The number of rotatable bonds is 3. The first-order valence-corrected chi connectivity index (χ1v) is 4.64. The van der Waals surface area contributed by atoms with Crippen LogP contribution in [0.1, 0.15) is 26.5 Å². The van der Waals surface area contributed by atoms with E-state index in [1.165, 1.54) is 0 Å². The molecule has 1 aromatic rings. The highest BCUT2D eigenvalue weighted by Crippen LogP contribution is 2.08. The Kier molecular flexibility index (Phi) is 3.63. The number of hydrogen-bond donors (Lipinski definition) is 0. The van der Waals surface area contributed by atoms with Crippen molar-refractivity contribution < 1.29 is 4.84 Å². The molecule has 0 spiro atoms. The molecular weight excluding hydrogens is 176 g/mol. The highest BCUT2D eigenvalue weighted by atomic mass is 16.6. The van der Waals surface area contributed by atoms with E-state index < -0.39 is 0 Å². The third-order valence-electron chi connectivity index (χ3n) is 1.45. The lowest BCUT2D eigenvalue weighted by Crippen LogP contribution is -2.06. The Labute approximate surface area is 84.8 Å². The van der Waals surface area contributed by atoms with Crippen molar-refractivity contribution in [2.24, 2.45) is 10.6 Å². The highest BCUT2D eigenvalue weighted by molar-refractivity contribution is 5.63. The third-order valence-corrected chi connectivity index (χ3v) is 1.45. The van der Waals surface area contributed by atoms with Gasteiger partial charge >= 0.3 is 0 Å². The summed E-state index contributed by atoms with van der Waals surface area (Å²) in [5, 5.41) is 3.87. The fourth-order valence-corrected chi connectivity index (χ4v) is 0.782. The van der Waals surface area contributed by atoms with Crippen LogP contribution in [0, 0.1) is 5.41 Å². The molecule has 0 saturated carbocycles. The number of oxime groups is 1. The van der Waals surface area contributed by atoms with Crippen LogP contribution in [0.3, 0.4) is 0 Å². The van der Waals surface area contributed by atoms with Gasteiger partial charge in [-0.2, -0.15) is 0 Å². The van der Waals surface area contributed by atoms with Gasteiger partial charge in [-0.1, -0.05) is 32.0 Å². The lowest BCUT2D eigenvalue weighted by Gasteiger charge is -2.09. The topological polar surface area (TPSA) is 34.5 Å². The van der Waals surface area contributed by atoms with E-state index in [2.05, 4.69) is 30.9 Å². The monoisotopic (exact) mass is 192 g/mol. The summed E-state index contributed by atoms with van der Waals surface area (Å²) in [4.78, 5) is 9.22. The van der Waals surface area contributed by atoms with E-state index in [1.807, 2.05) is 18.2 Å². The van der Waals surface area contributed by atoms with E-state index in [9.17, 15) is 0 Å². The molecule has 0 saturated heterocycles. The fraction of sp³-hybridized carbons (Fsp3) is 0.455. The van der Waals surface area contributed by atoms with Gasteiger partial charge in [0, 0.05) is 17.8 Å². The maximum atomic E-state index is 5.10. The molecule has 76 valence electrons. The van der Waals surface area contributed by atoms with Gasteiger partial charge in [-0.15, -0.1) is 0 Å². The Morgan fingerprint density at radius 3 is 2.79 bits per heavy atom. The van der Waals surface area contributed by atoms with Crippen molar-refractivity contribution in [2.45, 2.75) is 27.4 Å². The summed E-state index contributed by atoms with van der Waals surface area (Å²) in [6.07, 6.45) is 3.53. The Morgan fingerprint density at radius 2 is 2.21 bits per heavy atom. The quantitative estimate of drug-likeness (QED) is 0.545. The Bertz CT molecular complexity index is 288. The van der Waals surface area contributed by atoms with Gasteiger partial charge in [-0.05, 0) is 12.1 Å². The van der Waals surface area contributed by atoms with Crippen LogP contribution in [-0.2, 0) is 11.4 Å². The van der Waals surface area contributed by atoms with E-state index >= 15 is 0 Å². The van der Waals surface area contributed by atoms with E-state index in [1.54, 1.807) is 12.4 Å². The molecule has 3 heteroatoms. The largest absolute Gasteiger partial charge is 0.390 e. The van der Waals surface area contributed by atoms with E-state index in [-0.39, 0.29) is 5.41 Å². The lowest BCUT2D eigenvalue weighted by molar-refractivity contribution is 0.127.